The van der Waals surface area contributed by atoms with E-state index in [0.717, 1.165) is 12.0 Å². The Hall–Kier alpha value is -4.48. The summed E-state index contributed by atoms with van der Waals surface area (Å²) in [4.78, 5) is 43.5. The molecule has 1 aliphatic carbocycles. The van der Waals surface area contributed by atoms with E-state index in [0.29, 0.717) is 40.2 Å². The third kappa shape index (κ3) is 8.12. The molecule has 4 rings (SSSR count). The summed E-state index contributed by atoms with van der Waals surface area (Å²) in [5.41, 5.74) is 2.33. The van der Waals surface area contributed by atoms with E-state index in [1.165, 1.54) is 12.1 Å². The van der Waals surface area contributed by atoms with Crippen LogP contribution in [0.15, 0.2) is 66.7 Å². The Morgan fingerprint density at radius 2 is 1.73 bits per heavy atom. The molecule has 9 heteroatoms. The van der Waals surface area contributed by atoms with Gasteiger partial charge >= 0.3 is 6.09 Å². The van der Waals surface area contributed by atoms with Gasteiger partial charge in [-0.2, -0.15) is 0 Å². The fourth-order valence-corrected chi connectivity index (χ4v) is 5.33. The number of phenols is 1. The van der Waals surface area contributed by atoms with Crippen molar-refractivity contribution in [3.63, 3.8) is 0 Å². The number of hydrogen-bond donors (Lipinski definition) is 3. The van der Waals surface area contributed by atoms with E-state index in [-0.39, 0.29) is 18.2 Å². The van der Waals surface area contributed by atoms with Crippen molar-refractivity contribution in [1.82, 2.24) is 10.2 Å². The highest BCUT2D eigenvalue weighted by Crippen LogP contribution is 2.36. The van der Waals surface area contributed by atoms with Gasteiger partial charge in [-0.05, 0) is 94.0 Å². The molecule has 3 aromatic carbocycles. The molecule has 8 nitrogen and oxygen atoms in total. The van der Waals surface area contributed by atoms with Gasteiger partial charge in [0, 0.05) is 18.0 Å². The van der Waals surface area contributed by atoms with Crippen LogP contribution in [0.3, 0.4) is 0 Å². The number of carbonyl (C=O) groups is 3. The van der Waals surface area contributed by atoms with Gasteiger partial charge in [-0.15, -0.1) is 6.42 Å². The Balaban J connectivity index is 1.78. The normalized spacial score (nSPS) is 14.4. The molecule has 0 aromatic heterocycles. The number of anilines is 1. The first-order valence-corrected chi connectivity index (χ1v) is 15.0. The molecule has 1 aliphatic rings. The van der Waals surface area contributed by atoms with Crippen molar-refractivity contribution in [3.8, 4) is 18.1 Å². The highest BCUT2D eigenvalue weighted by atomic mass is 35.5. The van der Waals surface area contributed by atoms with Crippen LogP contribution in [0.1, 0.15) is 68.3 Å². The predicted molar refractivity (Wildman–Crippen MR) is 171 cm³/mol. The van der Waals surface area contributed by atoms with Crippen molar-refractivity contribution in [1.29, 1.82) is 0 Å². The summed E-state index contributed by atoms with van der Waals surface area (Å²) < 4.78 is 5.51. The van der Waals surface area contributed by atoms with Crippen molar-refractivity contribution < 1.29 is 24.2 Å². The number of para-hydroxylation sites is 1. The SMILES string of the molecule is C#Cc1ccc(C(C(=O)Nc2c(C)cccc2Cl)N(C(=O)C(Cc2ccc(O)cc2)NC(=O)OC(C)(C)C)C2CCC2)cc1. The van der Waals surface area contributed by atoms with Gasteiger partial charge in [-0.3, -0.25) is 9.59 Å². The lowest BCUT2D eigenvalue weighted by Crippen LogP contribution is -2.57. The lowest BCUT2D eigenvalue weighted by Gasteiger charge is -2.43. The van der Waals surface area contributed by atoms with Gasteiger partial charge in [0.05, 0.1) is 10.7 Å². The second kappa shape index (κ2) is 13.9. The average molecular weight is 616 g/mol. The van der Waals surface area contributed by atoms with E-state index in [1.54, 1.807) is 74.2 Å². The standard InChI is InChI=1S/C35H38ClN3O5/c1-6-23-13-17-25(18-14-23)31(32(41)38-30-22(2)9-7-12-28(30)36)39(26-10-8-11-26)33(42)29(37-34(43)44-35(3,4)5)21-24-15-19-27(40)20-16-24/h1,7,9,12-20,26,29,31,40H,8,10-11,21H2,2-5H3,(H,37,43)(H,38,41). The molecule has 44 heavy (non-hydrogen) atoms. The lowest BCUT2D eigenvalue weighted by molar-refractivity contribution is -0.145. The topological polar surface area (TPSA) is 108 Å². The van der Waals surface area contributed by atoms with E-state index < -0.39 is 35.6 Å². The van der Waals surface area contributed by atoms with Crippen molar-refractivity contribution in [3.05, 3.63) is 94.0 Å². The molecule has 2 atom stereocenters. The minimum absolute atomic E-state index is 0.0786. The summed E-state index contributed by atoms with van der Waals surface area (Å²) in [7, 11) is 0. The maximum Gasteiger partial charge on any atom is 0.408 e. The maximum atomic E-state index is 14.6. The molecule has 3 N–H and O–H groups in total. The predicted octanol–water partition coefficient (Wildman–Crippen LogP) is 6.53. The fraction of sp³-hybridized carbons (Fsp3) is 0.343. The molecule has 0 heterocycles. The lowest BCUT2D eigenvalue weighted by atomic mass is 9.87. The number of hydrogen-bond acceptors (Lipinski definition) is 5. The number of ether oxygens (including phenoxy) is 1. The molecule has 2 unspecified atom stereocenters. The molecule has 3 amide bonds. The minimum Gasteiger partial charge on any atom is -0.508 e. The average Bonchev–Trinajstić information content (AvgIpc) is 2.93. The Bertz CT molecular complexity index is 1520. The first-order chi connectivity index (χ1) is 20.9. The molecular weight excluding hydrogens is 578 g/mol. The summed E-state index contributed by atoms with van der Waals surface area (Å²) in [6, 6.07) is 16.3. The van der Waals surface area contributed by atoms with Crippen molar-refractivity contribution in [2.45, 2.75) is 77.1 Å². The Morgan fingerprint density at radius 3 is 2.27 bits per heavy atom. The number of halogens is 1. The van der Waals surface area contributed by atoms with Crippen LogP contribution in [-0.2, 0) is 20.7 Å². The monoisotopic (exact) mass is 615 g/mol. The Labute approximate surface area is 263 Å². The number of phenolic OH excluding ortho intramolecular Hbond substituents is 1. The van der Waals surface area contributed by atoms with E-state index >= 15 is 0 Å². The van der Waals surface area contributed by atoms with Crippen LogP contribution in [0, 0.1) is 19.3 Å². The third-order valence-electron chi connectivity index (χ3n) is 7.48. The highest BCUT2D eigenvalue weighted by molar-refractivity contribution is 6.34. The van der Waals surface area contributed by atoms with Crippen LogP contribution < -0.4 is 10.6 Å². The number of nitrogens with zero attached hydrogens (tertiary/aromatic N) is 1. The largest absolute Gasteiger partial charge is 0.508 e. The van der Waals surface area contributed by atoms with Crippen molar-refractivity contribution in [2.24, 2.45) is 0 Å². The molecule has 0 saturated heterocycles. The van der Waals surface area contributed by atoms with Crippen LogP contribution in [0.4, 0.5) is 10.5 Å². The van der Waals surface area contributed by atoms with Gasteiger partial charge in [0.15, 0.2) is 0 Å². The number of carbonyl (C=O) groups excluding carboxylic acids is 3. The van der Waals surface area contributed by atoms with E-state index in [1.807, 2.05) is 13.0 Å². The summed E-state index contributed by atoms with van der Waals surface area (Å²) in [6.45, 7) is 7.05. The van der Waals surface area contributed by atoms with Crippen LogP contribution in [0.5, 0.6) is 5.75 Å². The zero-order valence-electron chi connectivity index (χ0n) is 25.4. The third-order valence-corrected chi connectivity index (χ3v) is 7.79. The van der Waals surface area contributed by atoms with Crippen LogP contribution in [0.25, 0.3) is 0 Å². The molecule has 1 fully saturated rings. The highest BCUT2D eigenvalue weighted by Gasteiger charge is 2.42. The molecule has 3 aromatic rings. The summed E-state index contributed by atoms with van der Waals surface area (Å²) in [5.74, 6) is 1.78. The van der Waals surface area contributed by atoms with Gasteiger partial charge in [-0.25, -0.2) is 4.79 Å². The number of terminal acetylenes is 1. The van der Waals surface area contributed by atoms with Crippen LogP contribution >= 0.6 is 11.6 Å². The number of benzene rings is 3. The molecule has 1 saturated carbocycles. The van der Waals surface area contributed by atoms with Gasteiger partial charge in [0.1, 0.15) is 23.4 Å². The number of amides is 3. The Morgan fingerprint density at radius 1 is 1.07 bits per heavy atom. The first kappa shape index (κ1) is 32.4. The number of alkyl carbamates (subject to hydrolysis) is 1. The van der Waals surface area contributed by atoms with E-state index in [9.17, 15) is 19.5 Å². The smallest absolute Gasteiger partial charge is 0.408 e. The van der Waals surface area contributed by atoms with Crippen LogP contribution in [-0.4, -0.2) is 45.6 Å². The van der Waals surface area contributed by atoms with Crippen LogP contribution in [0.2, 0.25) is 5.02 Å². The number of aryl methyl sites for hydroxylation is 1. The summed E-state index contributed by atoms with van der Waals surface area (Å²) in [6.07, 6.45) is 7.23. The fourth-order valence-electron chi connectivity index (χ4n) is 5.06. The molecule has 0 spiro atoms. The summed E-state index contributed by atoms with van der Waals surface area (Å²) >= 11 is 6.47. The molecule has 0 bridgehead atoms. The van der Waals surface area contributed by atoms with E-state index in [4.69, 9.17) is 22.8 Å². The maximum absolute atomic E-state index is 14.6. The Kier molecular flexibility index (Phi) is 10.2. The zero-order valence-corrected chi connectivity index (χ0v) is 26.1. The molecule has 0 radical (unpaired) electrons. The molecular formula is C35H38ClN3O5. The minimum atomic E-state index is -1.07. The second-order valence-electron chi connectivity index (χ2n) is 12.0. The quantitative estimate of drug-likeness (QED) is 0.237. The number of nitrogens with one attached hydrogen (secondary N) is 2. The molecule has 230 valence electrons. The van der Waals surface area contributed by atoms with Gasteiger partial charge in [0.2, 0.25) is 5.91 Å². The number of rotatable bonds is 9. The molecule has 0 aliphatic heterocycles. The number of aromatic hydroxyl groups is 1. The van der Waals surface area contributed by atoms with Gasteiger partial charge < -0.3 is 25.4 Å². The first-order valence-electron chi connectivity index (χ1n) is 14.6. The van der Waals surface area contributed by atoms with E-state index in [2.05, 4.69) is 16.6 Å². The zero-order chi connectivity index (χ0) is 32.0. The van der Waals surface area contributed by atoms with Crippen molar-refractivity contribution in [2.75, 3.05) is 5.32 Å². The summed E-state index contributed by atoms with van der Waals surface area (Å²) in [5, 5.41) is 15.9. The van der Waals surface area contributed by atoms with Gasteiger partial charge in [-0.1, -0.05) is 53.9 Å². The second-order valence-corrected chi connectivity index (χ2v) is 12.4. The van der Waals surface area contributed by atoms with Crippen molar-refractivity contribution >= 4 is 35.2 Å². The van der Waals surface area contributed by atoms with Gasteiger partial charge in [0.25, 0.3) is 5.91 Å².